The number of ether oxygens (including phenoxy) is 3. The van der Waals surface area contributed by atoms with Crippen LogP contribution in [0.1, 0.15) is 22.8 Å². The first kappa shape index (κ1) is 20.2. The summed E-state index contributed by atoms with van der Waals surface area (Å²) in [6, 6.07) is 5.58. The van der Waals surface area contributed by atoms with Gasteiger partial charge in [0.05, 0.1) is 12.7 Å². The molecule has 0 unspecified atom stereocenters. The van der Waals surface area contributed by atoms with E-state index in [0.29, 0.717) is 16.7 Å². The van der Waals surface area contributed by atoms with E-state index in [1.54, 1.807) is 0 Å². The molecule has 31 heavy (non-hydrogen) atoms. The van der Waals surface area contributed by atoms with E-state index in [1.807, 2.05) is 0 Å². The summed E-state index contributed by atoms with van der Waals surface area (Å²) in [5, 5.41) is 70.7. The molecule has 1 fully saturated rings. The molecule has 1 saturated heterocycles. The quantitative estimate of drug-likeness (QED) is 0.308. The summed E-state index contributed by atoms with van der Waals surface area (Å²) >= 11 is 0. The summed E-state index contributed by atoms with van der Waals surface area (Å²) in [5.74, 6) is -2.06. The van der Waals surface area contributed by atoms with E-state index >= 15 is 0 Å². The second-order valence-corrected chi connectivity index (χ2v) is 8.10. The van der Waals surface area contributed by atoms with Crippen molar-refractivity contribution in [2.24, 2.45) is 0 Å². The molecule has 6 atom stereocenters. The molecule has 2 aromatic rings. The van der Waals surface area contributed by atoms with Crippen LogP contribution >= 0.6 is 0 Å². The number of benzene rings is 2. The summed E-state index contributed by atoms with van der Waals surface area (Å²) in [5.41, 5.74) is 1.10. The molecule has 3 aliphatic rings. The number of hydrogen-bond donors (Lipinski definition) is 7. The number of fused-ring (bicyclic) bond motifs is 2. The van der Waals surface area contributed by atoms with Crippen LogP contribution in [-0.2, 0) is 17.6 Å². The number of aliphatic hydroxyl groups excluding tert-OH is 4. The first-order chi connectivity index (χ1) is 14.7. The maximum absolute atomic E-state index is 10.8. The van der Waals surface area contributed by atoms with Crippen molar-refractivity contribution < 1.29 is 50.0 Å². The van der Waals surface area contributed by atoms with Crippen molar-refractivity contribution >= 4 is 0 Å². The fourth-order valence-corrected chi connectivity index (χ4v) is 4.52. The lowest BCUT2D eigenvalue weighted by atomic mass is 9.91. The van der Waals surface area contributed by atoms with Crippen molar-refractivity contribution in [3.63, 3.8) is 0 Å². The van der Waals surface area contributed by atoms with Gasteiger partial charge in [-0.25, -0.2) is 0 Å². The normalized spacial score (nSPS) is 33.6. The Morgan fingerprint density at radius 2 is 1.74 bits per heavy atom. The van der Waals surface area contributed by atoms with Gasteiger partial charge in [-0.1, -0.05) is 6.07 Å². The highest BCUT2D eigenvalue weighted by Crippen LogP contribution is 2.52. The second kappa shape index (κ2) is 6.87. The fourth-order valence-electron chi connectivity index (χ4n) is 4.52. The van der Waals surface area contributed by atoms with Gasteiger partial charge in [0, 0.05) is 30.0 Å². The summed E-state index contributed by atoms with van der Waals surface area (Å²) in [4.78, 5) is 0. The minimum absolute atomic E-state index is 0.0407. The van der Waals surface area contributed by atoms with Crippen LogP contribution in [0.15, 0.2) is 24.3 Å². The average molecular weight is 434 g/mol. The van der Waals surface area contributed by atoms with E-state index in [-0.39, 0.29) is 41.6 Å². The third kappa shape index (κ3) is 2.91. The van der Waals surface area contributed by atoms with Crippen LogP contribution in [0.2, 0.25) is 0 Å². The zero-order valence-corrected chi connectivity index (χ0v) is 16.2. The average Bonchev–Trinajstić information content (AvgIpc) is 3.23. The van der Waals surface area contributed by atoms with E-state index in [4.69, 9.17) is 14.2 Å². The molecular weight excluding hydrogens is 412 g/mol. The first-order valence-electron chi connectivity index (χ1n) is 9.82. The van der Waals surface area contributed by atoms with Gasteiger partial charge in [0.1, 0.15) is 41.7 Å². The highest BCUT2D eigenvalue weighted by Gasteiger charge is 2.59. The van der Waals surface area contributed by atoms with Gasteiger partial charge in [-0.15, -0.1) is 0 Å². The molecule has 0 saturated carbocycles. The maximum atomic E-state index is 10.8. The van der Waals surface area contributed by atoms with Crippen molar-refractivity contribution in [2.45, 2.75) is 49.1 Å². The maximum Gasteiger partial charge on any atom is 0.244 e. The van der Waals surface area contributed by atoms with Crippen LogP contribution in [-0.4, -0.2) is 72.6 Å². The third-order valence-corrected chi connectivity index (χ3v) is 6.17. The number of rotatable bonds is 2. The van der Waals surface area contributed by atoms with Crippen LogP contribution in [0, 0.1) is 0 Å². The Bertz CT molecular complexity index is 1040. The van der Waals surface area contributed by atoms with Gasteiger partial charge in [0.15, 0.2) is 11.5 Å². The fraction of sp³-hybridized carbons (Fsp3) is 0.429. The third-order valence-electron chi connectivity index (χ3n) is 6.17. The Labute approximate surface area is 176 Å². The minimum atomic E-state index is -1.66. The molecule has 0 radical (unpaired) electrons. The summed E-state index contributed by atoms with van der Waals surface area (Å²) in [6.07, 6.45) is -5.80. The first-order valence-corrected chi connectivity index (χ1v) is 9.82. The molecule has 1 spiro atoms. The zero-order chi connectivity index (χ0) is 22.1. The second-order valence-electron chi connectivity index (χ2n) is 8.10. The molecule has 5 rings (SSSR count). The summed E-state index contributed by atoms with van der Waals surface area (Å²) < 4.78 is 17.3. The van der Waals surface area contributed by atoms with Crippen molar-refractivity contribution in [2.75, 3.05) is 6.61 Å². The molecule has 0 amide bonds. The molecular formula is C21H22O10. The molecule has 3 aliphatic heterocycles. The molecule has 10 heteroatoms. The lowest BCUT2D eigenvalue weighted by Crippen LogP contribution is -2.47. The van der Waals surface area contributed by atoms with Gasteiger partial charge < -0.3 is 50.0 Å². The molecule has 0 aromatic heterocycles. The van der Waals surface area contributed by atoms with Crippen molar-refractivity contribution in [3.05, 3.63) is 41.0 Å². The number of phenols is 3. The van der Waals surface area contributed by atoms with Gasteiger partial charge in [0.2, 0.25) is 5.79 Å². The van der Waals surface area contributed by atoms with E-state index in [9.17, 15) is 35.7 Å². The Balaban J connectivity index is 1.49. The van der Waals surface area contributed by atoms with Crippen LogP contribution < -0.4 is 9.47 Å². The van der Waals surface area contributed by atoms with Crippen LogP contribution in [0.25, 0.3) is 0 Å². The lowest BCUT2D eigenvalue weighted by Gasteiger charge is -2.31. The molecule has 2 aromatic carbocycles. The molecule has 10 nitrogen and oxygen atoms in total. The summed E-state index contributed by atoms with van der Waals surface area (Å²) in [6.45, 7) is -0.515. The van der Waals surface area contributed by atoms with E-state index in [1.165, 1.54) is 24.3 Å². The molecule has 0 aliphatic carbocycles. The number of aliphatic hydroxyl groups is 4. The lowest BCUT2D eigenvalue weighted by molar-refractivity contribution is -0.200. The topological polar surface area (TPSA) is 169 Å². The predicted octanol–water partition coefficient (Wildman–Crippen LogP) is -0.415. The standard InChI is InChI=1S/C21H22O10/c22-7-16-18(27)20(28)21(31-16)6-10-15(30-21)5-14-9(17(10)26)4-13(25)19(29-14)8-1-2-11(23)12(24)3-8/h1-3,5,13,16,18-20,22-28H,4,6-7H2/t13-,16+,18+,19+,20-,21-/m0/s1. The van der Waals surface area contributed by atoms with E-state index in [0.717, 1.165) is 0 Å². The Kier molecular flexibility index (Phi) is 4.47. The molecule has 166 valence electrons. The van der Waals surface area contributed by atoms with Crippen LogP contribution in [0.5, 0.6) is 28.7 Å². The number of hydrogen-bond acceptors (Lipinski definition) is 10. The van der Waals surface area contributed by atoms with Gasteiger partial charge >= 0.3 is 0 Å². The minimum Gasteiger partial charge on any atom is -0.507 e. The highest BCUT2D eigenvalue weighted by molar-refractivity contribution is 5.60. The van der Waals surface area contributed by atoms with Crippen molar-refractivity contribution in [1.29, 1.82) is 0 Å². The van der Waals surface area contributed by atoms with E-state index < -0.39 is 42.9 Å². The predicted molar refractivity (Wildman–Crippen MR) is 102 cm³/mol. The van der Waals surface area contributed by atoms with Gasteiger partial charge in [-0.05, 0) is 17.7 Å². The molecule has 7 N–H and O–H groups in total. The number of aromatic hydroxyl groups is 3. The Morgan fingerprint density at radius 1 is 0.968 bits per heavy atom. The van der Waals surface area contributed by atoms with Crippen LogP contribution in [0.3, 0.4) is 0 Å². The van der Waals surface area contributed by atoms with E-state index in [2.05, 4.69) is 0 Å². The van der Waals surface area contributed by atoms with Gasteiger partial charge in [0.25, 0.3) is 0 Å². The largest absolute Gasteiger partial charge is 0.507 e. The zero-order valence-electron chi connectivity index (χ0n) is 16.2. The Hall–Kier alpha value is -2.76. The van der Waals surface area contributed by atoms with Crippen LogP contribution in [0.4, 0.5) is 0 Å². The molecule has 3 heterocycles. The highest BCUT2D eigenvalue weighted by atomic mass is 16.7. The SMILES string of the molecule is OC[C@H]1O[C@@]2(Cc3c(cc4c(c3O)C[C@H](O)[C@@H](c3ccc(O)c(O)c3)O4)O2)[C@@H](O)[C@@H]1O. The van der Waals surface area contributed by atoms with Gasteiger partial charge in [-0.3, -0.25) is 0 Å². The van der Waals surface area contributed by atoms with Gasteiger partial charge in [-0.2, -0.15) is 0 Å². The summed E-state index contributed by atoms with van der Waals surface area (Å²) in [7, 11) is 0. The monoisotopic (exact) mass is 434 g/mol. The smallest absolute Gasteiger partial charge is 0.244 e. The molecule has 0 bridgehead atoms. The van der Waals surface area contributed by atoms with Crippen molar-refractivity contribution in [3.8, 4) is 28.7 Å². The number of phenolic OH excluding ortho intramolecular Hbond substituents is 3. The Morgan fingerprint density at radius 3 is 2.42 bits per heavy atom. The van der Waals surface area contributed by atoms with Crippen molar-refractivity contribution in [1.82, 2.24) is 0 Å².